The molecular formula is C16H23N3O3. The van der Waals surface area contributed by atoms with Gasteiger partial charge in [0.15, 0.2) is 5.78 Å². The molecule has 1 aliphatic heterocycles. The summed E-state index contributed by atoms with van der Waals surface area (Å²) in [5.74, 6) is 0.735. The fraction of sp³-hybridized carbons (Fsp3) is 0.562. The number of carbonyl (C=O) groups is 2. The van der Waals surface area contributed by atoms with E-state index in [1.165, 1.54) is 6.92 Å². The van der Waals surface area contributed by atoms with Crippen LogP contribution < -0.4 is 4.90 Å². The van der Waals surface area contributed by atoms with Crippen molar-refractivity contribution in [3.8, 4) is 0 Å². The Morgan fingerprint density at radius 3 is 2.68 bits per heavy atom. The van der Waals surface area contributed by atoms with Gasteiger partial charge in [0.05, 0.1) is 13.2 Å². The van der Waals surface area contributed by atoms with Crippen LogP contribution in [0.1, 0.15) is 30.6 Å². The number of esters is 1. The van der Waals surface area contributed by atoms with E-state index in [0.717, 1.165) is 38.4 Å². The highest BCUT2D eigenvalue weighted by Gasteiger charge is 2.18. The van der Waals surface area contributed by atoms with E-state index >= 15 is 0 Å². The van der Waals surface area contributed by atoms with Crippen LogP contribution in [0.15, 0.2) is 18.3 Å². The van der Waals surface area contributed by atoms with Gasteiger partial charge >= 0.3 is 5.97 Å². The van der Waals surface area contributed by atoms with Crippen molar-refractivity contribution in [1.82, 2.24) is 9.88 Å². The normalized spacial score (nSPS) is 16.2. The molecule has 1 fully saturated rings. The Kier molecular flexibility index (Phi) is 5.89. The van der Waals surface area contributed by atoms with Crippen LogP contribution in [-0.2, 0) is 9.53 Å². The molecule has 1 aromatic rings. The van der Waals surface area contributed by atoms with Crippen LogP contribution in [0.25, 0.3) is 0 Å². The number of Topliss-reactive ketones (excluding diaryl/α,β-unsaturated/α-hetero) is 1. The van der Waals surface area contributed by atoms with Gasteiger partial charge < -0.3 is 9.64 Å². The lowest BCUT2D eigenvalue weighted by molar-refractivity contribution is -0.144. The zero-order valence-corrected chi connectivity index (χ0v) is 13.2. The number of hydrogen-bond donors (Lipinski definition) is 0. The average Bonchev–Trinajstić information content (AvgIpc) is 2.73. The van der Waals surface area contributed by atoms with Crippen molar-refractivity contribution in [2.45, 2.75) is 20.3 Å². The van der Waals surface area contributed by atoms with Crippen molar-refractivity contribution < 1.29 is 14.3 Å². The Morgan fingerprint density at radius 2 is 2.05 bits per heavy atom. The summed E-state index contributed by atoms with van der Waals surface area (Å²) in [6.07, 6.45) is 2.59. The number of hydrogen-bond acceptors (Lipinski definition) is 6. The van der Waals surface area contributed by atoms with Gasteiger partial charge in [-0.15, -0.1) is 0 Å². The van der Waals surface area contributed by atoms with Crippen LogP contribution in [0.3, 0.4) is 0 Å². The zero-order chi connectivity index (χ0) is 15.9. The van der Waals surface area contributed by atoms with E-state index in [-0.39, 0.29) is 11.8 Å². The molecule has 0 atom stereocenters. The predicted octanol–water partition coefficient (Wildman–Crippen LogP) is 1.36. The standard InChI is InChI=1S/C16H23N3O3/c1-3-22-16(21)12-18-7-4-8-19(10-9-18)15-6-5-14(11-17-15)13(2)20/h5-6,11H,3-4,7-10,12H2,1-2H3. The van der Waals surface area contributed by atoms with Gasteiger partial charge in [0.2, 0.25) is 0 Å². The van der Waals surface area contributed by atoms with Gasteiger partial charge in [0.1, 0.15) is 5.82 Å². The lowest BCUT2D eigenvalue weighted by atomic mass is 10.2. The van der Waals surface area contributed by atoms with Gasteiger partial charge in [-0.3, -0.25) is 14.5 Å². The number of pyridine rings is 1. The number of rotatable bonds is 5. The second kappa shape index (κ2) is 7.89. The van der Waals surface area contributed by atoms with Crippen molar-refractivity contribution in [2.24, 2.45) is 0 Å². The highest BCUT2D eigenvalue weighted by molar-refractivity contribution is 5.93. The number of nitrogens with zero attached hydrogens (tertiary/aromatic N) is 3. The van der Waals surface area contributed by atoms with E-state index in [9.17, 15) is 9.59 Å². The van der Waals surface area contributed by atoms with Gasteiger partial charge in [-0.05, 0) is 32.4 Å². The summed E-state index contributed by atoms with van der Waals surface area (Å²) in [7, 11) is 0. The van der Waals surface area contributed by atoms with Crippen LogP contribution in [0.5, 0.6) is 0 Å². The SMILES string of the molecule is CCOC(=O)CN1CCCN(c2ccc(C(C)=O)cn2)CC1. The molecule has 1 aliphatic rings. The first-order valence-electron chi connectivity index (χ1n) is 7.70. The molecule has 0 amide bonds. The van der Waals surface area contributed by atoms with Crippen LogP contribution in [0, 0.1) is 0 Å². The molecule has 1 saturated heterocycles. The Morgan fingerprint density at radius 1 is 1.23 bits per heavy atom. The summed E-state index contributed by atoms with van der Waals surface area (Å²) >= 11 is 0. The van der Waals surface area contributed by atoms with Crippen molar-refractivity contribution in [3.05, 3.63) is 23.9 Å². The summed E-state index contributed by atoms with van der Waals surface area (Å²) in [4.78, 5) is 31.5. The molecule has 6 nitrogen and oxygen atoms in total. The van der Waals surface area contributed by atoms with Gasteiger partial charge in [0.25, 0.3) is 0 Å². The molecule has 0 aliphatic carbocycles. The predicted molar refractivity (Wildman–Crippen MR) is 84.1 cm³/mol. The number of aromatic nitrogens is 1. The maximum atomic E-state index is 11.6. The third-order valence-electron chi connectivity index (χ3n) is 3.72. The molecule has 0 bridgehead atoms. The number of anilines is 1. The Bertz CT molecular complexity index is 516. The van der Waals surface area contributed by atoms with E-state index in [0.29, 0.717) is 18.7 Å². The second-order valence-corrected chi connectivity index (χ2v) is 5.38. The van der Waals surface area contributed by atoms with Crippen molar-refractivity contribution in [1.29, 1.82) is 0 Å². The molecule has 2 heterocycles. The molecular weight excluding hydrogens is 282 g/mol. The minimum absolute atomic E-state index is 0.0236. The smallest absolute Gasteiger partial charge is 0.320 e. The largest absolute Gasteiger partial charge is 0.465 e. The van der Waals surface area contributed by atoms with E-state index in [1.54, 1.807) is 6.20 Å². The molecule has 22 heavy (non-hydrogen) atoms. The minimum Gasteiger partial charge on any atom is -0.465 e. The van der Waals surface area contributed by atoms with Crippen LogP contribution >= 0.6 is 0 Å². The topological polar surface area (TPSA) is 62.7 Å². The third kappa shape index (κ3) is 4.53. The van der Waals surface area contributed by atoms with Gasteiger partial charge in [-0.1, -0.05) is 0 Å². The first-order chi connectivity index (χ1) is 10.6. The molecule has 1 aromatic heterocycles. The monoisotopic (exact) mass is 305 g/mol. The average molecular weight is 305 g/mol. The van der Waals surface area contributed by atoms with Crippen LogP contribution in [0.4, 0.5) is 5.82 Å². The summed E-state index contributed by atoms with van der Waals surface area (Å²) in [6.45, 7) is 7.51. The van der Waals surface area contributed by atoms with Crippen molar-refractivity contribution >= 4 is 17.6 Å². The molecule has 2 rings (SSSR count). The van der Waals surface area contributed by atoms with Crippen LogP contribution in [0.2, 0.25) is 0 Å². The van der Waals surface area contributed by atoms with E-state index in [4.69, 9.17) is 4.74 Å². The van der Waals surface area contributed by atoms with Crippen LogP contribution in [-0.4, -0.2) is 61.0 Å². The highest BCUT2D eigenvalue weighted by Crippen LogP contribution is 2.14. The number of carbonyl (C=O) groups excluding carboxylic acids is 2. The molecule has 0 N–H and O–H groups in total. The highest BCUT2D eigenvalue weighted by atomic mass is 16.5. The first-order valence-corrected chi connectivity index (χ1v) is 7.70. The summed E-state index contributed by atoms with van der Waals surface area (Å²) < 4.78 is 4.99. The molecule has 0 spiro atoms. The van der Waals surface area contributed by atoms with Crippen molar-refractivity contribution in [3.63, 3.8) is 0 Å². The lowest BCUT2D eigenvalue weighted by Crippen LogP contribution is -2.35. The van der Waals surface area contributed by atoms with E-state index in [1.807, 2.05) is 19.1 Å². The maximum Gasteiger partial charge on any atom is 0.320 e. The Balaban J connectivity index is 1.92. The van der Waals surface area contributed by atoms with Gasteiger partial charge in [-0.25, -0.2) is 4.98 Å². The Hall–Kier alpha value is -1.95. The fourth-order valence-corrected chi connectivity index (χ4v) is 2.53. The van der Waals surface area contributed by atoms with Crippen molar-refractivity contribution in [2.75, 3.05) is 44.2 Å². The first kappa shape index (κ1) is 16.4. The lowest BCUT2D eigenvalue weighted by Gasteiger charge is -2.22. The summed E-state index contributed by atoms with van der Waals surface area (Å²) in [6, 6.07) is 3.70. The third-order valence-corrected chi connectivity index (χ3v) is 3.72. The molecule has 120 valence electrons. The van der Waals surface area contributed by atoms with E-state index < -0.39 is 0 Å². The summed E-state index contributed by atoms with van der Waals surface area (Å²) in [5.41, 5.74) is 0.627. The number of ether oxygens (including phenoxy) is 1. The fourth-order valence-electron chi connectivity index (χ4n) is 2.53. The van der Waals surface area contributed by atoms with E-state index in [2.05, 4.69) is 14.8 Å². The molecule has 6 heteroatoms. The van der Waals surface area contributed by atoms with Gasteiger partial charge in [-0.2, -0.15) is 0 Å². The number of ketones is 1. The minimum atomic E-state index is -0.167. The molecule has 0 saturated carbocycles. The molecule has 0 radical (unpaired) electrons. The quantitative estimate of drug-likeness (QED) is 0.604. The zero-order valence-electron chi connectivity index (χ0n) is 13.2. The Labute approximate surface area is 131 Å². The maximum absolute atomic E-state index is 11.6. The second-order valence-electron chi connectivity index (χ2n) is 5.38. The molecule has 0 aromatic carbocycles. The van der Waals surface area contributed by atoms with Gasteiger partial charge in [0, 0.05) is 37.9 Å². The summed E-state index contributed by atoms with van der Waals surface area (Å²) in [5, 5.41) is 0. The molecule has 0 unspecified atom stereocenters.